The fraction of sp³-hybridized carbons (Fsp3) is 0.381. The van der Waals surface area contributed by atoms with Gasteiger partial charge in [0.05, 0.1) is 11.9 Å². The van der Waals surface area contributed by atoms with Gasteiger partial charge < -0.3 is 14.7 Å². The number of carbonyl (C=O) groups excluding carboxylic acids is 1. The molecular weight excluding hydrogens is 380 g/mol. The first-order valence-electron chi connectivity index (χ1n) is 10.4. The van der Waals surface area contributed by atoms with Gasteiger partial charge in [-0.2, -0.15) is 14.9 Å². The molecule has 154 valence electrons. The fourth-order valence-electron chi connectivity index (χ4n) is 3.93. The molecule has 9 heteroatoms. The Kier molecular flexibility index (Phi) is 5.00. The van der Waals surface area contributed by atoms with Crippen LogP contribution in [0.2, 0.25) is 0 Å². The van der Waals surface area contributed by atoms with Crippen LogP contribution in [-0.2, 0) is 0 Å². The summed E-state index contributed by atoms with van der Waals surface area (Å²) in [6.07, 6.45) is 5.76. The van der Waals surface area contributed by atoms with E-state index in [1.165, 1.54) is 23.8 Å². The van der Waals surface area contributed by atoms with Crippen LogP contribution in [-0.4, -0.2) is 75.0 Å². The molecule has 0 saturated carbocycles. The Labute approximate surface area is 174 Å². The number of benzene rings is 1. The molecule has 2 aliphatic rings. The Bertz CT molecular complexity index is 1010. The summed E-state index contributed by atoms with van der Waals surface area (Å²) in [4.78, 5) is 29.8. The Morgan fingerprint density at radius 2 is 1.63 bits per heavy atom. The molecule has 0 aliphatic carbocycles. The highest BCUT2D eigenvalue weighted by atomic mass is 16.2. The number of hydrogen-bond donors (Lipinski definition) is 0. The molecule has 5 rings (SSSR count). The molecule has 1 amide bonds. The third-order valence-electron chi connectivity index (χ3n) is 5.61. The summed E-state index contributed by atoms with van der Waals surface area (Å²) in [5.41, 5.74) is 1.20. The maximum Gasteiger partial charge on any atom is 0.276 e. The lowest BCUT2D eigenvalue weighted by Crippen LogP contribution is -2.49. The molecule has 2 aliphatic heterocycles. The zero-order valence-corrected chi connectivity index (χ0v) is 16.8. The lowest BCUT2D eigenvalue weighted by molar-refractivity contribution is 0.0740. The summed E-state index contributed by atoms with van der Waals surface area (Å²) in [5.74, 6) is 1.65. The number of hydrogen-bond acceptors (Lipinski definition) is 7. The van der Waals surface area contributed by atoms with E-state index < -0.39 is 0 Å². The average Bonchev–Trinajstić information content (AvgIpc) is 3.52. The van der Waals surface area contributed by atoms with Gasteiger partial charge in [0.15, 0.2) is 5.69 Å². The van der Waals surface area contributed by atoms with Crippen LogP contribution in [0.25, 0.3) is 5.69 Å². The summed E-state index contributed by atoms with van der Waals surface area (Å²) in [5, 5.41) is 8.60. The van der Waals surface area contributed by atoms with Crippen molar-refractivity contribution in [2.75, 3.05) is 49.1 Å². The van der Waals surface area contributed by atoms with Crippen molar-refractivity contribution in [1.82, 2.24) is 29.9 Å². The molecule has 2 aromatic heterocycles. The van der Waals surface area contributed by atoms with Crippen LogP contribution >= 0.6 is 0 Å². The lowest BCUT2D eigenvalue weighted by atomic mass is 10.3. The predicted molar refractivity (Wildman–Crippen MR) is 113 cm³/mol. The second-order valence-corrected chi connectivity index (χ2v) is 7.54. The molecular formula is C21H24N8O. The Hall–Kier alpha value is -3.49. The molecule has 0 unspecified atom stereocenters. The summed E-state index contributed by atoms with van der Waals surface area (Å²) >= 11 is 0. The molecule has 30 heavy (non-hydrogen) atoms. The Morgan fingerprint density at radius 3 is 2.40 bits per heavy atom. The third-order valence-corrected chi connectivity index (χ3v) is 5.61. The van der Waals surface area contributed by atoms with Gasteiger partial charge in [-0.1, -0.05) is 18.2 Å². The standard InChI is InChI=1S/C21H24N8O/c30-20(18-16-23-29(25-18)17-6-2-1-3-7-17)27-14-12-26(13-15-27)19-8-9-22-21(24-19)28-10-4-5-11-28/h1-3,6-9,16H,4-5,10-15H2. The predicted octanol–water partition coefficient (Wildman–Crippen LogP) is 1.62. The maximum absolute atomic E-state index is 12.9. The molecule has 1 aromatic carbocycles. The van der Waals surface area contributed by atoms with Gasteiger partial charge in [-0.15, -0.1) is 5.10 Å². The summed E-state index contributed by atoms with van der Waals surface area (Å²) in [6.45, 7) is 4.76. The quantitative estimate of drug-likeness (QED) is 0.653. The first-order chi connectivity index (χ1) is 14.8. The van der Waals surface area contributed by atoms with E-state index in [1.54, 1.807) is 0 Å². The van der Waals surface area contributed by atoms with Crippen LogP contribution < -0.4 is 9.80 Å². The number of para-hydroxylation sites is 1. The molecule has 3 aromatic rings. The molecule has 0 atom stereocenters. The minimum Gasteiger partial charge on any atom is -0.353 e. The molecule has 9 nitrogen and oxygen atoms in total. The van der Waals surface area contributed by atoms with Gasteiger partial charge in [-0.3, -0.25) is 4.79 Å². The molecule has 4 heterocycles. The lowest BCUT2D eigenvalue weighted by Gasteiger charge is -2.35. The van der Waals surface area contributed by atoms with Crippen LogP contribution in [0.3, 0.4) is 0 Å². The van der Waals surface area contributed by atoms with E-state index in [1.807, 2.05) is 47.5 Å². The van der Waals surface area contributed by atoms with Crippen molar-refractivity contribution >= 4 is 17.7 Å². The number of rotatable bonds is 4. The van der Waals surface area contributed by atoms with Gasteiger partial charge in [0.1, 0.15) is 5.82 Å². The summed E-state index contributed by atoms with van der Waals surface area (Å²) in [7, 11) is 0. The van der Waals surface area contributed by atoms with Crippen LogP contribution in [0, 0.1) is 0 Å². The number of carbonyl (C=O) groups is 1. The number of anilines is 2. The normalized spacial score (nSPS) is 16.9. The van der Waals surface area contributed by atoms with Crippen molar-refractivity contribution in [2.45, 2.75) is 12.8 Å². The average molecular weight is 404 g/mol. The topological polar surface area (TPSA) is 83.3 Å². The van der Waals surface area contributed by atoms with Crippen molar-refractivity contribution in [1.29, 1.82) is 0 Å². The van der Waals surface area contributed by atoms with E-state index in [0.717, 1.165) is 43.6 Å². The van der Waals surface area contributed by atoms with Gasteiger partial charge >= 0.3 is 0 Å². The first-order valence-corrected chi connectivity index (χ1v) is 10.4. The van der Waals surface area contributed by atoms with Crippen molar-refractivity contribution in [3.63, 3.8) is 0 Å². The minimum absolute atomic E-state index is 0.0859. The summed E-state index contributed by atoms with van der Waals surface area (Å²) in [6, 6.07) is 11.5. The zero-order chi connectivity index (χ0) is 20.3. The number of amides is 1. The van der Waals surface area contributed by atoms with Crippen molar-refractivity contribution in [3.05, 3.63) is 54.5 Å². The van der Waals surface area contributed by atoms with E-state index in [2.05, 4.69) is 25.0 Å². The monoisotopic (exact) mass is 404 g/mol. The van der Waals surface area contributed by atoms with Gasteiger partial charge in [0.25, 0.3) is 5.91 Å². The van der Waals surface area contributed by atoms with E-state index in [9.17, 15) is 4.79 Å². The van der Waals surface area contributed by atoms with Crippen LogP contribution in [0.15, 0.2) is 48.8 Å². The molecule has 0 radical (unpaired) electrons. The highest BCUT2D eigenvalue weighted by molar-refractivity contribution is 5.92. The van der Waals surface area contributed by atoms with E-state index in [-0.39, 0.29) is 5.91 Å². The third kappa shape index (κ3) is 3.70. The molecule has 2 fully saturated rings. The molecule has 0 N–H and O–H groups in total. The molecule has 2 saturated heterocycles. The highest BCUT2D eigenvalue weighted by Crippen LogP contribution is 2.20. The largest absolute Gasteiger partial charge is 0.353 e. The zero-order valence-electron chi connectivity index (χ0n) is 16.8. The molecule has 0 spiro atoms. The van der Waals surface area contributed by atoms with Crippen molar-refractivity contribution < 1.29 is 4.79 Å². The van der Waals surface area contributed by atoms with Gasteiger partial charge in [-0.25, -0.2) is 4.98 Å². The van der Waals surface area contributed by atoms with Gasteiger partial charge in [-0.05, 0) is 31.0 Å². The Morgan fingerprint density at radius 1 is 0.867 bits per heavy atom. The second-order valence-electron chi connectivity index (χ2n) is 7.54. The number of piperazine rings is 1. The van der Waals surface area contributed by atoms with Gasteiger partial charge in [0, 0.05) is 45.5 Å². The highest BCUT2D eigenvalue weighted by Gasteiger charge is 2.25. The van der Waals surface area contributed by atoms with Crippen molar-refractivity contribution in [3.8, 4) is 5.69 Å². The first kappa shape index (κ1) is 18.5. The molecule has 0 bridgehead atoms. The Balaban J connectivity index is 1.22. The van der Waals surface area contributed by atoms with Crippen LogP contribution in [0.4, 0.5) is 11.8 Å². The second kappa shape index (κ2) is 8.10. The summed E-state index contributed by atoms with van der Waals surface area (Å²) < 4.78 is 0. The van der Waals surface area contributed by atoms with Crippen molar-refractivity contribution in [2.24, 2.45) is 0 Å². The fourth-order valence-corrected chi connectivity index (χ4v) is 3.93. The van der Waals surface area contributed by atoms with E-state index >= 15 is 0 Å². The van der Waals surface area contributed by atoms with Gasteiger partial charge in [0.2, 0.25) is 5.95 Å². The SMILES string of the molecule is O=C(c1cnn(-c2ccccc2)n1)N1CCN(c2ccnc(N3CCCC3)n2)CC1. The number of nitrogens with zero attached hydrogens (tertiary/aromatic N) is 8. The van der Waals surface area contributed by atoms with Crippen LogP contribution in [0.1, 0.15) is 23.3 Å². The maximum atomic E-state index is 12.9. The number of aromatic nitrogens is 5. The minimum atomic E-state index is -0.0859. The van der Waals surface area contributed by atoms with E-state index in [4.69, 9.17) is 4.98 Å². The van der Waals surface area contributed by atoms with Crippen LogP contribution in [0.5, 0.6) is 0 Å². The smallest absolute Gasteiger partial charge is 0.276 e. The van der Waals surface area contributed by atoms with E-state index in [0.29, 0.717) is 18.8 Å².